The van der Waals surface area contributed by atoms with Crippen LogP contribution in [0.5, 0.6) is 0 Å². The molecule has 0 saturated carbocycles. The minimum atomic E-state index is -0.233. The van der Waals surface area contributed by atoms with Crippen molar-refractivity contribution in [2.75, 3.05) is 0 Å². The Labute approximate surface area is 111 Å². The van der Waals surface area contributed by atoms with Gasteiger partial charge in [0.25, 0.3) is 0 Å². The number of aryl methyl sites for hydroxylation is 1. The van der Waals surface area contributed by atoms with Crippen LogP contribution in [0.3, 0.4) is 0 Å². The Morgan fingerprint density at radius 2 is 2.41 bits per heavy atom. The summed E-state index contributed by atoms with van der Waals surface area (Å²) in [5.74, 6) is 0.862. The fourth-order valence-electron chi connectivity index (χ4n) is 2.40. The van der Waals surface area contributed by atoms with Crippen molar-refractivity contribution in [1.29, 1.82) is 0 Å². The summed E-state index contributed by atoms with van der Waals surface area (Å²) in [5.41, 5.74) is 2.68. The molecule has 0 bridgehead atoms. The zero-order valence-corrected chi connectivity index (χ0v) is 14.5. The highest BCUT2D eigenvalue weighted by molar-refractivity contribution is 8.60. The molecule has 2 rings (SSSR count). The lowest BCUT2D eigenvalue weighted by Gasteiger charge is -2.23. The SMILES string of the molecule is CCCCC1CCc2nnn(P(P)PP)c2C1. The summed E-state index contributed by atoms with van der Waals surface area (Å²) < 4.78 is 2.19. The van der Waals surface area contributed by atoms with Gasteiger partial charge in [-0.1, -0.05) is 40.3 Å². The number of nitrogens with zero attached hydrogens (tertiary/aromatic N) is 3. The molecule has 0 fully saturated rings. The van der Waals surface area contributed by atoms with Gasteiger partial charge in [-0.2, -0.15) is 0 Å². The Bertz CT molecular complexity index is 368. The Balaban J connectivity index is 2.09. The van der Waals surface area contributed by atoms with Crippen molar-refractivity contribution in [2.24, 2.45) is 5.92 Å². The fourth-order valence-corrected chi connectivity index (χ4v) is 5.44. The summed E-state index contributed by atoms with van der Waals surface area (Å²) in [5, 5.41) is 8.70. The quantitative estimate of drug-likeness (QED) is 0.770. The van der Waals surface area contributed by atoms with Crippen LogP contribution >= 0.6 is 33.3 Å². The predicted octanol–water partition coefficient (Wildman–Crippen LogP) is 3.99. The second kappa shape index (κ2) is 6.86. The first-order chi connectivity index (χ1) is 8.26. The number of hydrogen-bond donors (Lipinski definition) is 0. The third-order valence-corrected chi connectivity index (χ3v) is 12.8. The summed E-state index contributed by atoms with van der Waals surface area (Å²) in [6.45, 7) is 2.28. The molecule has 0 aliphatic heterocycles. The van der Waals surface area contributed by atoms with Gasteiger partial charge in [-0.3, -0.25) is 0 Å². The van der Waals surface area contributed by atoms with Crippen molar-refractivity contribution in [3.05, 3.63) is 11.4 Å². The Morgan fingerprint density at radius 1 is 1.59 bits per heavy atom. The topological polar surface area (TPSA) is 30.7 Å². The molecule has 1 aliphatic carbocycles. The van der Waals surface area contributed by atoms with Gasteiger partial charge >= 0.3 is 0 Å². The number of rotatable bonds is 5. The molecule has 1 aliphatic rings. The molecule has 0 aromatic carbocycles. The van der Waals surface area contributed by atoms with E-state index >= 15 is 0 Å². The van der Waals surface area contributed by atoms with Crippen LogP contribution in [0.4, 0.5) is 0 Å². The highest BCUT2D eigenvalue weighted by Gasteiger charge is 2.25. The zero-order valence-electron chi connectivity index (χ0n) is 10.3. The molecule has 1 heterocycles. The van der Waals surface area contributed by atoms with Gasteiger partial charge in [-0.25, -0.2) is 4.45 Å². The second-order valence-electron chi connectivity index (χ2n) is 4.60. The fraction of sp³-hybridized carbons (Fsp3) is 0.800. The minimum Gasteiger partial charge on any atom is -0.221 e. The van der Waals surface area contributed by atoms with Gasteiger partial charge in [-0.15, -0.1) is 14.0 Å². The number of aromatic nitrogens is 3. The molecule has 0 spiro atoms. The minimum absolute atomic E-state index is 0.233. The van der Waals surface area contributed by atoms with E-state index < -0.39 is 0 Å². The number of fused-ring (bicyclic) bond motifs is 1. The molecule has 5 atom stereocenters. The molecule has 17 heavy (non-hydrogen) atoms. The first kappa shape index (κ1) is 14.3. The molecule has 1 aromatic rings. The summed E-state index contributed by atoms with van der Waals surface area (Å²) in [6.07, 6.45) is 7.69. The maximum absolute atomic E-state index is 4.35. The molecule has 0 saturated heterocycles. The van der Waals surface area contributed by atoms with Gasteiger partial charge in [0.15, 0.2) is 0 Å². The number of unbranched alkanes of at least 4 members (excludes halogenated alkanes) is 1. The standard InChI is InChI=1S/C10H21N3P4/c1-2-3-4-8-5-6-9-10(7-8)13(12-11-9)17(15)16-14/h8,16H,2-7,14-15H2,1H3. The second-order valence-corrected chi connectivity index (χ2v) is 13.4. The van der Waals surface area contributed by atoms with Gasteiger partial charge in [0.1, 0.15) is 0 Å². The van der Waals surface area contributed by atoms with Crippen LogP contribution < -0.4 is 0 Å². The lowest BCUT2D eigenvalue weighted by atomic mass is 9.86. The first-order valence-corrected chi connectivity index (χ1v) is 12.8. The average Bonchev–Trinajstić information content (AvgIpc) is 2.78. The maximum Gasteiger partial charge on any atom is 0.0863 e. The summed E-state index contributed by atoms with van der Waals surface area (Å²) >= 11 is 0. The Morgan fingerprint density at radius 3 is 3.12 bits per heavy atom. The van der Waals surface area contributed by atoms with E-state index in [0.29, 0.717) is 0 Å². The molecule has 0 N–H and O–H groups in total. The van der Waals surface area contributed by atoms with Crippen molar-refractivity contribution >= 4 is 33.3 Å². The number of hydrogen-bond acceptors (Lipinski definition) is 2. The maximum atomic E-state index is 4.35. The van der Waals surface area contributed by atoms with Gasteiger partial charge < -0.3 is 0 Å². The van der Waals surface area contributed by atoms with Gasteiger partial charge in [-0.05, 0) is 33.1 Å². The van der Waals surface area contributed by atoms with Crippen molar-refractivity contribution in [1.82, 2.24) is 14.8 Å². The van der Waals surface area contributed by atoms with Crippen LogP contribution in [-0.4, -0.2) is 14.8 Å². The van der Waals surface area contributed by atoms with E-state index in [2.05, 4.69) is 39.5 Å². The van der Waals surface area contributed by atoms with Crippen molar-refractivity contribution in [2.45, 2.75) is 45.4 Å². The smallest absolute Gasteiger partial charge is 0.0863 e. The van der Waals surface area contributed by atoms with Crippen molar-refractivity contribution in [3.63, 3.8) is 0 Å². The molecular formula is C10H21N3P4. The molecule has 1 aromatic heterocycles. The molecular weight excluding hydrogens is 286 g/mol. The molecule has 3 nitrogen and oxygen atoms in total. The highest BCUT2D eigenvalue weighted by atomic mass is 32.6. The largest absolute Gasteiger partial charge is 0.221 e. The highest BCUT2D eigenvalue weighted by Crippen LogP contribution is 2.66. The lowest BCUT2D eigenvalue weighted by Crippen LogP contribution is -2.15. The van der Waals surface area contributed by atoms with Crippen LogP contribution in [0.1, 0.15) is 44.0 Å². The molecule has 7 heteroatoms. The van der Waals surface area contributed by atoms with E-state index in [1.165, 1.54) is 43.5 Å². The Hall–Kier alpha value is 0.860. The van der Waals surface area contributed by atoms with Gasteiger partial charge in [0.2, 0.25) is 0 Å². The van der Waals surface area contributed by atoms with E-state index in [-0.39, 0.29) is 7.45 Å². The van der Waals surface area contributed by atoms with Crippen LogP contribution in [0.25, 0.3) is 0 Å². The van der Waals surface area contributed by atoms with Gasteiger partial charge in [0, 0.05) is 0 Å². The van der Waals surface area contributed by atoms with E-state index in [4.69, 9.17) is 0 Å². The third kappa shape index (κ3) is 3.45. The average molecular weight is 307 g/mol. The molecule has 0 amide bonds. The Kier molecular flexibility index (Phi) is 5.76. The van der Waals surface area contributed by atoms with E-state index in [1.54, 1.807) is 0 Å². The third-order valence-electron chi connectivity index (χ3n) is 3.40. The summed E-state index contributed by atoms with van der Waals surface area (Å²) in [7, 11) is 6.39. The van der Waals surface area contributed by atoms with Crippen LogP contribution in [0, 0.1) is 5.92 Å². The predicted molar refractivity (Wildman–Crippen MR) is 85.1 cm³/mol. The van der Waals surface area contributed by atoms with E-state index in [9.17, 15) is 0 Å². The van der Waals surface area contributed by atoms with Crippen LogP contribution in [-0.2, 0) is 12.8 Å². The summed E-state index contributed by atoms with van der Waals surface area (Å²) in [6, 6.07) is 0. The van der Waals surface area contributed by atoms with Crippen molar-refractivity contribution in [3.8, 4) is 0 Å². The lowest BCUT2D eigenvalue weighted by molar-refractivity contribution is 0.406. The van der Waals surface area contributed by atoms with Crippen LogP contribution in [0.15, 0.2) is 0 Å². The first-order valence-electron chi connectivity index (χ1n) is 6.21. The van der Waals surface area contributed by atoms with Gasteiger partial charge in [0.05, 0.1) is 18.8 Å². The van der Waals surface area contributed by atoms with Crippen LogP contribution in [0.2, 0.25) is 0 Å². The molecule has 0 radical (unpaired) electrons. The van der Waals surface area contributed by atoms with E-state index in [1.807, 2.05) is 0 Å². The summed E-state index contributed by atoms with van der Waals surface area (Å²) in [4.78, 5) is 0. The molecule has 5 unspecified atom stereocenters. The monoisotopic (exact) mass is 307 g/mol. The molecule has 96 valence electrons. The zero-order chi connectivity index (χ0) is 12.3. The van der Waals surface area contributed by atoms with Crippen molar-refractivity contribution < 1.29 is 0 Å². The normalized spacial score (nSPS) is 21.9. The van der Waals surface area contributed by atoms with E-state index in [0.717, 1.165) is 20.3 Å².